The van der Waals surface area contributed by atoms with Gasteiger partial charge in [-0.05, 0) is 57.6 Å². The average Bonchev–Trinajstić information content (AvgIpc) is 3.59. The molecule has 4 aliphatic rings. The number of carbonyl (C=O) groups is 1. The van der Waals surface area contributed by atoms with Crippen molar-refractivity contribution in [2.45, 2.75) is 62.6 Å². The van der Waals surface area contributed by atoms with Crippen LogP contribution in [0, 0.1) is 5.82 Å². The number of amides is 1. The highest BCUT2D eigenvalue weighted by Crippen LogP contribution is 2.58. The SMILES string of the molecule is COc1ncccc1C(=O)Nc1cn2cc(C34COC(C)(C3)C4)nc2c(F)c1OC1CCCC1. The lowest BCUT2D eigenvalue weighted by Crippen LogP contribution is -2.45. The highest BCUT2D eigenvalue weighted by Gasteiger charge is 2.61. The molecule has 34 heavy (non-hydrogen) atoms. The van der Waals surface area contributed by atoms with Crippen LogP contribution >= 0.6 is 0 Å². The zero-order valence-electron chi connectivity index (χ0n) is 19.3. The number of pyridine rings is 2. The van der Waals surface area contributed by atoms with Crippen LogP contribution in [0.5, 0.6) is 11.6 Å². The maximum absolute atomic E-state index is 15.9. The number of imidazole rings is 1. The Morgan fingerprint density at radius 2 is 2.09 bits per heavy atom. The molecule has 3 aromatic heterocycles. The Morgan fingerprint density at radius 1 is 1.29 bits per heavy atom. The number of methoxy groups -OCH3 is 1. The number of carbonyl (C=O) groups excluding carboxylic acids is 1. The van der Waals surface area contributed by atoms with Crippen LogP contribution < -0.4 is 14.8 Å². The van der Waals surface area contributed by atoms with Crippen LogP contribution in [0.3, 0.4) is 0 Å². The van der Waals surface area contributed by atoms with Gasteiger partial charge in [-0.15, -0.1) is 0 Å². The predicted octanol–water partition coefficient (Wildman–Crippen LogP) is 4.27. The van der Waals surface area contributed by atoms with Crippen molar-refractivity contribution in [1.82, 2.24) is 14.4 Å². The number of fused-ring (bicyclic) bond motifs is 2. The molecule has 0 unspecified atom stereocenters. The summed E-state index contributed by atoms with van der Waals surface area (Å²) < 4.78 is 34.7. The lowest BCUT2D eigenvalue weighted by Gasteiger charge is -2.41. The molecule has 9 heteroatoms. The summed E-state index contributed by atoms with van der Waals surface area (Å²) in [6.07, 6.45) is 10.5. The third-order valence-corrected chi connectivity index (χ3v) is 7.35. The van der Waals surface area contributed by atoms with Gasteiger partial charge in [0.2, 0.25) is 11.7 Å². The van der Waals surface area contributed by atoms with E-state index in [1.165, 1.54) is 7.11 Å². The minimum absolute atomic E-state index is 0.0198. The van der Waals surface area contributed by atoms with E-state index in [-0.39, 0.29) is 45.6 Å². The van der Waals surface area contributed by atoms with E-state index in [2.05, 4.69) is 22.2 Å². The molecule has 0 radical (unpaired) electrons. The highest BCUT2D eigenvalue weighted by atomic mass is 19.1. The van der Waals surface area contributed by atoms with Crippen molar-refractivity contribution in [3.05, 3.63) is 47.8 Å². The van der Waals surface area contributed by atoms with Gasteiger partial charge >= 0.3 is 0 Å². The summed E-state index contributed by atoms with van der Waals surface area (Å²) in [5, 5.41) is 2.82. The van der Waals surface area contributed by atoms with Crippen LogP contribution in [0.15, 0.2) is 30.7 Å². The monoisotopic (exact) mass is 466 g/mol. The van der Waals surface area contributed by atoms with Crippen LogP contribution in [0.25, 0.3) is 5.65 Å². The van der Waals surface area contributed by atoms with E-state index in [4.69, 9.17) is 14.2 Å². The second kappa shape index (κ2) is 7.66. The number of anilines is 1. The van der Waals surface area contributed by atoms with Crippen LogP contribution in [0.1, 0.15) is 61.5 Å². The lowest BCUT2D eigenvalue weighted by molar-refractivity contribution is 0.0154. The third-order valence-electron chi connectivity index (χ3n) is 7.35. The number of hydrogen-bond donors (Lipinski definition) is 1. The Labute approximate surface area is 196 Å². The minimum atomic E-state index is -0.577. The van der Waals surface area contributed by atoms with Crippen LogP contribution in [-0.2, 0) is 10.2 Å². The number of rotatable bonds is 6. The van der Waals surface area contributed by atoms with Crippen LogP contribution in [0.2, 0.25) is 0 Å². The van der Waals surface area contributed by atoms with Gasteiger partial charge in [0.15, 0.2) is 11.4 Å². The van der Waals surface area contributed by atoms with E-state index in [9.17, 15) is 4.79 Å². The van der Waals surface area contributed by atoms with Gasteiger partial charge in [0.05, 0.1) is 31.1 Å². The molecule has 1 N–H and O–H groups in total. The number of nitrogens with zero attached hydrogens (tertiary/aromatic N) is 3. The van der Waals surface area contributed by atoms with Gasteiger partial charge in [-0.2, -0.15) is 4.39 Å². The molecule has 3 aromatic rings. The van der Waals surface area contributed by atoms with E-state index >= 15 is 4.39 Å². The van der Waals surface area contributed by atoms with Crippen molar-refractivity contribution in [2.75, 3.05) is 19.0 Å². The van der Waals surface area contributed by atoms with Gasteiger partial charge < -0.3 is 23.9 Å². The summed E-state index contributed by atoms with van der Waals surface area (Å²) >= 11 is 0. The molecule has 4 fully saturated rings. The van der Waals surface area contributed by atoms with Gasteiger partial charge in [-0.3, -0.25) is 4.79 Å². The second-order valence-electron chi connectivity index (χ2n) is 9.95. The number of ether oxygens (including phenoxy) is 3. The molecule has 2 aliphatic heterocycles. The molecular formula is C25H27FN4O4. The predicted molar refractivity (Wildman–Crippen MR) is 122 cm³/mol. The van der Waals surface area contributed by atoms with Crippen molar-refractivity contribution < 1.29 is 23.4 Å². The lowest BCUT2D eigenvalue weighted by atomic mass is 9.62. The average molecular weight is 467 g/mol. The van der Waals surface area contributed by atoms with Gasteiger partial charge in [-0.25, -0.2) is 9.97 Å². The van der Waals surface area contributed by atoms with E-state index in [1.54, 1.807) is 28.9 Å². The molecule has 7 rings (SSSR count). The number of halogens is 1. The molecule has 5 heterocycles. The molecule has 0 aromatic carbocycles. The quantitative estimate of drug-likeness (QED) is 0.584. The van der Waals surface area contributed by atoms with Crippen molar-refractivity contribution in [2.24, 2.45) is 0 Å². The van der Waals surface area contributed by atoms with E-state index in [1.807, 2.05) is 6.20 Å². The fourth-order valence-corrected chi connectivity index (χ4v) is 5.77. The first-order chi connectivity index (χ1) is 16.4. The standard InChI is InChI=1S/C25H27FN4O4/c1-24-12-25(13-24,14-33-24)18-11-30-10-17(28-22(31)16-8-5-9-27-23(16)32-2)20(19(26)21(30)29-18)34-15-6-3-4-7-15/h5,8-11,15H,3-4,6-7,12-14H2,1-2H3,(H,28,31). The van der Waals surface area contributed by atoms with E-state index in [0.29, 0.717) is 6.61 Å². The number of hydrogen-bond acceptors (Lipinski definition) is 6. The largest absolute Gasteiger partial charge is 0.485 e. The molecule has 0 spiro atoms. The van der Waals surface area contributed by atoms with Crippen LogP contribution in [-0.4, -0.2) is 45.7 Å². The minimum Gasteiger partial charge on any atom is -0.485 e. The summed E-state index contributed by atoms with van der Waals surface area (Å²) in [5.74, 6) is -0.825. The van der Waals surface area contributed by atoms with E-state index in [0.717, 1.165) is 44.2 Å². The Balaban J connectivity index is 1.40. The summed E-state index contributed by atoms with van der Waals surface area (Å²) in [6.45, 7) is 2.69. The maximum atomic E-state index is 15.9. The molecule has 2 saturated carbocycles. The first-order valence-corrected chi connectivity index (χ1v) is 11.7. The first-order valence-electron chi connectivity index (χ1n) is 11.7. The van der Waals surface area contributed by atoms with Gasteiger partial charge in [-0.1, -0.05) is 0 Å². The van der Waals surface area contributed by atoms with Crippen molar-refractivity contribution in [3.63, 3.8) is 0 Å². The molecule has 2 aliphatic carbocycles. The maximum Gasteiger partial charge on any atom is 0.261 e. The smallest absolute Gasteiger partial charge is 0.261 e. The normalized spacial score (nSPS) is 26.0. The fourth-order valence-electron chi connectivity index (χ4n) is 5.77. The zero-order valence-corrected chi connectivity index (χ0v) is 19.3. The molecule has 2 saturated heterocycles. The molecule has 178 valence electrons. The van der Waals surface area contributed by atoms with Gasteiger partial charge in [0.1, 0.15) is 11.3 Å². The summed E-state index contributed by atoms with van der Waals surface area (Å²) in [6, 6.07) is 3.25. The second-order valence-corrected chi connectivity index (χ2v) is 9.95. The first kappa shape index (κ1) is 21.3. The number of aromatic nitrogens is 3. The van der Waals surface area contributed by atoms with Gasteiger partial charge in [0.25, 0.3) is 5.91 Å². The fraction of sp³-hybridized carbons (Fsp3) is 0.480. The zero-order chi connectivity index (χ0) is 23.5. The van der Waals surface area contributed by atoms with Gasteiger partial charge in [0, 0.05) is 24.0 Å². The molecule has 1 amide bonds. The molecule has 8 nitrogen and oxygen atoms in total. The van der Waals surface area contributed by atoms with Crippen molar-refractivity contribution in [3.8, 4) is 11.6 Å². The Hall–Kier alpha value is -3.20. The van der Waals surface area contributed by atoms with Crippen molar-refractivity contribution in [1.29, 1.82) is 0 Å². The summed E-state index contributed by atoms with van der Waals surface area (Å²) in [7, 11) is 1.45. The highest BCUT2D eigenvalue weighted by molar-refractivity contribution is 6.06. The molecule has 2 bridgehead atoms. The molecule has 0 atom stereocenters. The number of nitrogens with one attached hydrogen (secondary N) is 1. The Bertz CT molecular complexity index is 1280. The summed E-state index contributed by atoms with van der Waals surface area (Å²) in [4.78, 5) is 21.8. The topological polar surface area (TPSA) is 87.0 Å². The third kappa shape index (κ3) is 3.33. The summed E-state index contributed by atoms with van der Waals surface area (Å²) in [5.41, 5.74) is 1.22. The van der Waals surface area contributed by atoms with E-state index < -0.39 is 11.7 Å². The Kier molecular flexibility index (Phi) is 4.81. The van der Waals surface area contributed by atoms with Crippen LogP contribution in [0.4, 0.5) is 10.1 Å². The molecular weight excluding hydrogens is 439 g/mol. The van der Waals surface area contributed by atoms with Crippen molar-refractivity contribution >= 4 is 17.2 Å². The Morgan fingerprint density at radius 3 is 2.79 bits per heavy atom.